The SMILES string of the molecule is CCC(NCc1ccccc1CN(CC)CC)C(=O)O. The molecule has 20 heavy (non-hydrogen) atoms. The van der Waals surface area contributed by atoms with Gasteiger partial charge in [0.1, 0.15) is 6.04 Å². The topological polar surface area (TPSA) is 52.6 Å². The molecule has 1 aromatic rings. The average Bonchev–Trinajstić information content (AvgIpc) is 2.46. The summed E-state index contributed by atoms with van der Waals surface area (Å²) in [4.78, 5) is 13.4. The quantitative estimate of drug-likeness (QED) is 0.728. The van der Waals surface area contributed by atoms with Gasteiger partial charge in [0.25, 0.3) is 0 Å². The molecule has 0 fully saturated rings. The van der Waals surface area contributed by atoms with Gasteiger partial charge >= 0.3 is 5.97 Å². The van der Waals surface area contributed by atoms with Crippen LogP contribution in [0.4, 0.5) is 0 Å². The van der Waals surface area contributed by atoms with Crippen LogP contribution in [0.25, 0.3) is 0 Å². The van der Waals surface area contributed by atoms with E-state index in [4.69, 9.17) is 5.11 Å². The first-order valence-electron chi connectivity index (χ1n) is 7.37. The second-order valence-corrected chi connectivity index (χ2v) is 4.91. The highest BCUT2D eigenvalue weighted by molar-refractivity contribution is 5.73. The van der Waals surface area contributed by atoms with E-state index in [1.54, 1.807) is 0 Å². The van der Waals surface area contributed by atoms with Gasteiger partial charge in [-0.1, -0.05) is 45.0 Å². The number of nitrogens with zero attached hydrogens (tertiary/aromatic N) is 1. The Hall–Kier alpha value is -1.39. The Morgan fingerprint density at radius 1 is 1.20 bits per heavy atom. The second-order valence-electron chi connectivity index (χ2n) is 4.91. The van der Waals surface area contributed by atoms with Crippen LogP contribution < -0.4 is 5.32 Å². The molecule has 0 aliphatic rings. The van der Waals surface area contributed by atoms with Crippen molar-refractivity contribution in [1.82, 2.24) is 10.2 Å². The molecular formula is C16H26N2O2. The molecule has 1 rings (SSSR count). The molecule has 2 N–H and O–H groups in total. The summed E-state index contributed by atoms with van der Waals surface area (Å²) in [5.41, 5.74) is 2.45. The van der Waals surface area contributed by atoms with Crippen molar-refractivity contribution in [2.75, 3.05) is 13.1 Å². The first-order chi connectivity index (χ1) is 9.62. The third-order valence-electron chi connectivity index (χ3n) is 3.65. The molecule has 0 aromatic heterocycles. The predicted molar refractivity (Wildman–Crippen MR) is 81.6 cm³/mol. The summed E-state index contributed by atoms with van der Waals surface area (Å²) in [6, 6.07) is 7.76. The second kappa shape index (κ2) is 8.72. The number of carboxylic acids is 1. The van der Waals surface area contributed by atoms with Crippen LogP contribution in [0.15, 0.2) is 24.3 Å². The zero-order valence-corrected chi connectivity index (χ0v) is 12.7. The van der Waals surface area contributed by atoms with E-state index >= 15 is 0 Å². The number of aliphatic carboxylic acids is 1. The fraction of sp³-hybridized carbons (Fsp3) is 0.562. The van der Waals surface area contributed by atoms with Gasteiger partial charge in [-0.15, -0.1) is 0 Å². The maximum absolute atomic E-state index is 11.0. The van der Waals surface area contributed by atoms with Gasteiger partial charge in [-0.3, -0.25) is 9.69 Å². The normalized spacial score (nSPS) is 12.6. The van der Waals surface area contributed by atoms with Crippen molar-refractivity contribution in [2.24, 2.45) is 0 Å². The van der Waals surface area contributed by atoms with Gasteiger partial charge in [0.2, 0.25) is 0 Å². The molecule has 0 aliphatic carbocycles. The van der Waals surface area contributed by atoms with Gasteiger partial charge in [0.05, 0.1) is 0 Å². The van der Waals surface area contributed by atoms with E-state index < -0.39 is 12.0 Å². The lowest BCUT2D eigenvalue weighted by Gasteiger charge is -2.21. The van der Waals surface area contributed by atoms with Gasteiger partial charge in [0.15, 0.2) is 0 Å². The van der Waals surface area contributed by atoms with Crippen molar-refractivity contribution in [3.63, 3.8) is 0 Å². The summed E-state index contributed by atoms with van der Waals surface area (Å²) >= 11 is 0. The monoisotopic (exact) mass is 278 g/mol. The van der Waals surface area contributed by atoms with Gasteiger partial charge in [-0.2, -0.15) is 0 Å². The molecule has 0 aliphatic heterocycles. The maximum atomic E-state index is 11.0. The van der Waals surface area contributed by atoms with Gasteiger partial charge < -0.3 is 10.4 Å². The minimum atomic E-state index is -0.784. The third-order valence-corrected chi connectivity index (χ3v) is 3.65. The fourth-order valence-electron chi connectivity index (χ4n) is 2.21. The molecule has 1 atom stereocenters. The highest BCUT2D eigenvalue weighted by Gasteiger charge is 2.14. The summed E-state index contributed by atoms with van der Waals surface area (Å²) < 4.78 is 0. The first kappa shape index (κ1) is 16.7. The molecule has 4 nitrogen and oxygen atoms in total. The van der Waals surface area contributed by atoms with Crippen LogP contribution in [0.5, 0.6) is 0 Å². The lowest BCUT2D eigenvalue weighted by molar-refractivity contribution is -0.139. The molecule has 0 heterocycles. The van der Waals surface area contributed by atoms with E-state index in [9.17, 15) is 4.79 Å². The minimum Gasteiger partial charge on any atom is -0.480 e. The van der Waals surface area contributed by atoms with Crippen LogP contribution in [0.2, 0.25) is 0 Å². The minimum absolute atomic E-state index is 0.475. The number of carboxylic acid groups (broad SMARTS) is 1. The van der Waals surface area contributed by atoms with Crippen LogP contribution >= 0.6 is 0 Å². The average molecular weight is 278 g/mol. The van der Waals surface area contributed by atoms with Crippen LogP contribution in [0, 0.1) is 0 Å². The summed E-state index contributed by atoms with van der Waals surface area (Å²) in [7, 11) is 0. The van der Waals surface area contributed by atoms with E-state index in [-0.39, 0.29) is 0 Å². The maximum Gasteiger partial charge on any atom is 0.320 e. The first-order valence-corrected chi connectivity index (χ1v) is 7.37. The van der Waals surface area contributed by atoms with Crippen LogP contribution in [0.3, 0.4) is 0 Å². The highest BCUT2D eigenvalue weighted by Crippen LogP contribution is 2.12. The van der Waals surface area contributed by atoms with Gasteiger partial charge in [0, 0.05) is 13.1 Å². The number of nitrogens with one attached hydrogen (secondary N) is 1. The van der Waals surface area contributed by atoms with Crippen molar-refractivity contribution in [2.45, 2.75) is 46.3 Å². The predicted octanol–water partition coefficient (Wildman–Crippen LogP) is 2.48. The molecule has 0 radical (unpaired) electrons. The molecule has 112 valence electrons. The Labute approximate surface area is 121 Å². The Kier molecular flexibility index (Phi) is 7.26. The van der Waals surface area contributed by atoms with Crippen molar-refractivity contribution in [1.29, 1.82) is 0 Å². The lowest BCUT2D eigenvalue weighted by atomic mass is 10.1. The van der Waals surface area contributed by atoms with Gasteiger partial charge in [-0.05, 0) is 30.6 Å². The Bertz CT molecular complexity index is 417. The summed E-state index contributed by atoms with van der Waals surface area (Å²) in [6.45, 7) is 9.74. The molecule has 0 saturated carbocycles. The molecule has 1 aromatic carbocycles. The molecule has 0 bridgehead atoms. The van der Waals surface area contributed by atoms with E-state index in [1.165, 1.54) is 11.1 Å². The van der Waals surface area contributed by atoms with Crippen LogP contribution in [-0.2, 0) is 17.9 Å². The molecule has 1 unspecified atom stereocenters. The van der Waals surface area contributed by atoms with Crippen molar-refractivity contribution in [3.05, 3.63) is 35.4 Å². The number of carbonyl (C=O) groups is 1. The number of benzene rings is 1. The summed E-state index contributed by atoms with van der Waals surface area (Å²) in [6.07, 6.45) is 0.591. The smallest absolute Gasteiger partial charge is 0.320 e. The zero-order chi connectivity index (χ0) is 15.0. The Morgan fingerprint density at radius 3 is 2.30 bits per heavy atom. The van der Waals surface area contributed by atoms with Crippen molar-refractivity contribution >= 4 is 5.97 Å². The Balaban J connectivity index is 2.72. The molecule has 0 amide bonds. The fourth-order valence-corrected chi connectivity index (χ4v) is 2.21. The van der Waals surface area contributed by atoms with E-state index in [2.05, 4.69) is 36.2 Å². The van der Waals surface area contributed by atoms with Crippen molar-refractivity contribution < 1.29 is 9.90 Å². The largest absolute Gasteiger partial charge is 0.480 e. The molecule has 0 saturated heterocycles. The van der Waals surface area contributed by atoms with Crippen LogP contribution in [0.1, 0.15) is 38.3 Å². The standard InChI is InChI=1S/C16H26N2O2/c1-4-15(16(19)20)17-11-13-9-7-8-10-14(13)12-18(5-2)6-3/h7-10,15,17H,4-6,11-12H2,1-3H3,(H,19,20). The van der Waals surface area contributed by atoms with Crippen molar-refractivity contribution in [3.8, 4) is 0 Å². The molecule has 0 spiro atoms. The van der Waals surface area contributed by atoms with E-state index in [0.717, 1.165) is 19.6 Å². The van der Waals surface area contributed by atoms with Crippen LogP contribution in [-0.4, -0.2) is 35.1 Å². The summed E-state index contributed by atoms with van der Waals surface area (Å²) in [5, 5.41) is 12.2. The van der Waals surface area contributed by atoms with E-state index in [1.807, 2.05) is 19.1 Å². The zero-order valence-electron chi connectivity index (χ0n) is 12.7. The molecule has 4 heteroatoms. The summed E-state index contributed by atoms with van der Waals surface area (Å²) in [5.74, 6) is -0.784. The molecular weight excluding hydrogens is 252 g/mol. The third kappa shape index (κ3) is 4.94. The van der Waals surface area contributed by atoms with E-state index in [0.29, 0.717) is 13.0 Å². The highest BCUT2D eigenvalue weighted by atomic mass is 16.4. The number of hydrogen-bond donors (Lipinski definition) is 2. The van der Waals surface area contributed by atoms with Gasteiger partial charge in [-0.25, -0.2) is 0 Å². The number of rotatable bonds is 9. The number of hydrogen-bond acceptors (Lipinski definition) is 3. The lowest BCUT2D eigenvalue weighted by Crippen LogP contribution is -2.35. The Morgan fingerprint density at radius 2 is 1.80 bits per heavy atom.